The average molecular weight is 383 g/mol. The summed E-state index contributed by atoms with van der Waals surface area (Å²) in [6.07, 6.45) is 11.8. The van der Waals surface area contributed by atoms with E-state index in [9.17, 15) is 0 Å². The molecule has 2 unspecified atom stereocenters. The Kier molecular flexibility index (Phi) is 11.9. The van der Waals surface area contributed by atoms with Crippen molar-refractivity contribution in [3.8, 4) is 0 Å². The van der Waals surface area contributed by atoms with Crippen LogP contribution >= 0.6 is 0 Å². The standard InChI is InChI=1S/C23H46N2O2/c1-4-17-27-18-8-9-21-11-15-24(16-12-21)22(5-2)20-25-14-7-10-23(25)13-19-26-6-3/h21-23H,4-20H2,1-3H3. The van der Waals surface area contributed by atoms with Crippen LogP contribution in [0.5, 0.6) is 0 Å². The fraction of sp³-hybridized carbons (Fsp3) is 1.00. The zero-order chi connectivity index (χ0) is 19.3. The number of hydrogen-bond acceptors (Lipinski definition) is 4. The van der Waals surface area contributed by atoms with E-state index in [0.717, 1.165) is 50.8 Å². The second-order valence-corrected chi connectivity index (χ2v) is 8.57. The SMILES string of the molecule is CCCOCCCC1CCN(C(CC)CN2CCCC2CCOCC)CC1. The molecule has 2 heterocycles. The van der Waals surface area contributed by atoms with Crippen molar-refractivity contribution in [2.24, 2.45) is 5.92 Å². The summed E-state index contributed by atoms with van der Waals surface area (Å²) in [5, 5.41) is 0. The predicted octanol–water partition coefficient (Wildman–Crippen LogP) is 4.57. The number of likely N-dealkylation sites (tertiary alicyclic amines) is 2. The number of hydrogen-bond donors (Lipinski definition) is 0. The number of ether oxygens (including phenoxy) is 2. The normalized spacial score (nSPS) is 23.9. The quantitative estimate of drug-likeness (QED) is 0.411. The van der Waals surface area contributed by atoms with Gasteiger partial charge in [0, 0.05) is 45.1 Å². The van der Waals surface area contributed by atoms with Crippen LogP contribution in [0, 0.1) is 5.92 Å². The lowest BCUT2D eigenvalue weighted by Gasteiger charge is -2.40. The Labute approximate surface area is 169 Å². The third-order valence-corrected chi connectivity index (χ3v) is 6.63. The van der Waals surface area contributed by atoms with E-state index in [1.807, 2.05) is 0 Å². The highest BCUT2D eigenvalue weighted by Gasteiger charge is 2.30. The minimum absolute atomic E-state index is 0.742. The molecule has 0 N–H and O–H groups in total. The minimum atomic E-state index is 0.742. The summed E-state index contributed by atoms with van der Waals surface area (Å²) in [5.74, 6) is 0.926. The first-order chi connectivity index (χ1) is 13.3. The maximum atomic E-state index is 5.65. The molecule has 27 heavy (non-hydrogen) atoms. The minimum Gasteiger partial charge on any atom is -0.382 e. The van der Waals surface area contributed by atoms with Crippen LogP contribution in [0.15, 0.2) is 0 Å². The maximum Gasteiger partial charge on any atom is 0.0480 e. The predicted molar refractivity (Wildman–Crippen MR) is 114 cm³/mol. The lowest BCUT2D eigenvalue weighted by Crippen LogP contribution is -2.48. The van der Waals surface area contributed by atoms with Crippen LogP contribution in [0.25, 0.3) is 0 Å². The van der Waals surface area contributed by atoms with Crippen molar-refractivity contribution in [3.05, 3.63) is 0 Å². The van der Waals surface area contributed by atoms with Crippen LogP contribution in [-0.4, -0.2) is 74.5 Å². The largest absolute Gasteiger partial charge is 0.382 e. The van der Waals surface area contributed by atoms with Crippen LogP contribution in [0.1, 0.15) is 78.6 Å². The Bertz CT molecular complexity index is 358. The highest BCUT2D eigenvalue weighted by molar-refractivity contribution is 4.85. The Hall–Kier alpha value is -0.160. The van der Waals surface area contributed by atoms with Gasteiger partial charge in [0.05, 0.1) is 0 Å². The molecule has 4 heteroatoms. The fourth-order valence-electron chi connectivity index (χ4n) is 4.93. The van der Waals surface area contributed by atoms with Gasteiger partial charge in [-0.25, -0.2) is 0 Å². The number of nitrogens with zero attached hydrogens (tertiary/aromatic N) is 2. The smallest absolute Gasteiger partial charge is 0.0480 e. The molecule has 2 saturated heterocycles. The number of piperidine rings is 1. The van der Waals surface area contributed by atoms with E-state index >= 15 is 0 Å². The van der Waals surface area contributed by atoms with Crippen molar-refractivity contribution in [1.82, 2.24) is 9.80 Å². The average Bonchev–Trinajstić information content (AvgIpc) is 3.14. The second kappa shape index (κ2) is 13.9. The van der Waals surface area contributed by atoms with Crippen molar-refractivity contribution in [3.63, 3.8) is 0 Å². The van der Waals surface area contributed by atoms with Gasteiger partial charge in [-0.3, -0.25) is 9.80 Å². The molecular formula is C23H46N2O2. The first-order valence-electron chi connectivity index (χ1n) is 11.9. The zero-order valence-corrected chi connectivity index (χ0v) is 18.5. The second-order valence-electron chi connectivity index (χ2n) is 8.57. The number of rotatable bonds is 14. The summed E-state index contributed by atoms with van der Waals surface area (Å²) >= 11 is 0. The van der Waals surface area contributed by atoms with Gasteiger partial charge < -0.3 is 9.47 Å². The molecule has 2 aliphatic heterocycles. The molecular weight excluding hydrogens is 336 g/mol. The van der Waals surface area contributed by atoms with Gasteiger partial charge in [0.2, 0.25) is 0 Å². The molecule has 0 spiro atoms. The van der Waals surface area contributed by atoms with Gasteiger partial charge in [-0.05, 0) is 90.3 Å². The molecule has 0 amide bonds. The van der Waals surface area contributed by atoms with E-state index < -0.39 is 0 Å². The van der Waals surface area contributed by atoms with Crippen LogP contribution in [0.3, 0.4) is 0 Å². The fourth-order valence-corrected chi connectivity index (χ4v) is 4.93. The molecule has 0 saturated carbocycles. The van der Waals surface area contributed by atoms with Crippen molar-refractivity contribution in [1.29, 1.82) is 0 Å². The summed E-state index contributed by atoms with van der Waals surface area (Å²) < 4.78 is 11.3. The lowest BCUT2D eigenvalue weighted by molar-refractivity contribution is 0.0737. The van der Waals surface area contributed by atoms with E-state index in [-0.39, 0.29) is 0 Å². The van der Waals surface area contributed by atoms with Gasteiger partial charge in [-0.2, -0.15) is 0 Å². The van der Waals surface area contributed by atoms with Crippen molar-refractivity contribution >= 4 is 0 Å². The van der Waals surface area contributed by atoms with Crippen molar-refractivity contribution in [2.45, 2.75) is 90.6 Å². The lowest BCUT2D eigenvalue weighted by atomic mass is 9.91. The Morgan fingerprint density at radius 2 is 1.70 bits per heavy atom. The summed E-state index contributed by atoms with van der Waals surface area (Å²) in [6.45, 7) is 15.5. The van der Waals surface area contributed by atoms with E-state index in [1.54, 1.807) is 0 Å². The summed E-state index contributed by atoms with van der Waals surface area (Å²) in [4.78, 5) is 5.56. The van der Waals surface area contributed by atoms with Crippen LogP contribution < -0.4 is 0 Å². The monoisotopic (exact) mass is 382 g/mol. The Morgan fingerprint density at radius 3 is 2.41 bits per heavy atom. The van der Waals surface area contributed by atoms with Crippen LogP contribution in [0.4, 0.5) is 0 Å². The maximum absolute atomic E-state index is 5.65. The third kappa shape index (κ3) is 8.39. The molecule has 0 aromatic carbocycles. The zero-order valence-electron chi connectivity index (χ0n) is 18.5. The molecule has 2 fully saturated rings. The molecule has 160 valence electrons. The molecule has 0 aliphatic carbocycles. The van der Waals surface area contributed by atoms with Crippen LogP contribution in [-0.2, 0) is 9.47 Å². The first kappa shape index (κ1) is 23.1. The molecule has 2 rings (SSSR count). The van der Waals surface area contributed by atoms with E-state index in [0.29, 0.717) is 0 Å². The first-order valence-corrected chi connectivity index (χ1v) is 11.9. The molecule has 4 nitrogen and oxygen atoms in total. The Morgan fingerprint density at radius 1 is 0.889 bits per heavy atom. The Balaban J connectivity index is 1.67. The molecule has 0 aromatic heterocycles. The van der Waals surface area contributed by atoms with Gasteiger partial charge in [0.1, 0.15) is 0 Å². The van der Waals surface area contributed by atoms with Gasteiger partial charge in [0.15, 0.2) is 0 Å². The molecule has 0 bridgehead atoms. The van der Waals surface area contributed by atoms with Crippen LogP contribution in [0.2, 0.25) is 0 Å². The topological polar surface area (TPSA) is 24.9 Å². The van der Waals surface area contributed by atoms with E-state index in [4.69, 9.17) is 9.47 Å². The van der Waals surface area contributed by atoms with Crippen molar-refractivity contribution < 1.29 is 9.47 Å². The molecule has 2 aliphatic rings. The summed E-state index contributed by atoms with van der Waals surface area (Å²) in [6, 6.07) is 1.50. The van der Waals surface area contributed by atoms with E-state index in [1.165, 1.54) is 77.5 Å². The van der Waals surface area contributed by atoms with Crippen molar-refractivity contribution in [2.75, 3.05) is 52.6 Å². The molecule has 0 radical (unpaired) electrons. The molecule has 0 aromatic rings. The van der Waals surface area contributed by atoms with Gasteiger partial charge in [0.25, 0.3) is 0 Å². The van der Waals surface area contributed by atoms with Gasteiger partial charge in [-0.1, -0.05) is 13.8 Å². The summed E-state index contributed by atoms with van der Waals surface area (Å²) in [7, 11) is 0. The highest BCUT2D eigenvalue weighted by atomic mass is 16.5. The van der Waals surface area contributed by atoms with Gasteiger partial charge in [-0.15, -0.1) is 0 Å². The highest BCUT2D eigenvalue weighted by Crippen LogP contribution is 2.26. The van der Waals surface area contributed by atoms with Gasteiger partial charge >= 0.3 is 0 Å². The van der Waals surface area contributed by atoms with E-state index in [2.05, 4.69) is 30.6 Å². The third-order valence-electron chi connectivity index (χ3n) is 6.63. The molecule has 2 atom stereocenters. The summed E-state index contributed by atoms with van der Waals surface area (Å²) in [5.41, 5.74) is 0.